The molecule has 0 amide bonds. The fraction of sp³-hybridized carbons (Fsp3) is 0.700. The molecule has 0 saturated carbocycles. The van der Waals surface area contributed by atoms with E-state index in [9.17, 15) is 0 Å². The number of hydrogen-bond acceptors (Lipinski definition) is 5. The van der Waals surface area contributed by atoms with Crippen LogP contribution in [0.2, 0.25) is 0 Å². The van der Waals surface area contributed by atoms with E-state index in [0.29, 0.717) is 0 Å². The summed E-state index contributed by atoms with van der Waals surface area (Å²) >= 11 is 3.19. The zero-order valence-corrected chi connectivity index (χ0v) is 10.7. The predicted molar refractivity (Wildman–Crippen MR) is 63.9 cm³/mol. The number of thioether (sulfide) groups is 1. The molecule has 82 valence electrons. The lowest BCUT2D eigenvalue weighted by atomic mass is 9.89. The summed E-state index contributed by atoms with van der Waals surface area (Å²) in [4.78, 5) is 4.10. The number of nitrogens with zero attached hydrogens (tertiary/aromatic N) is 3. The van der Waals surface area contributed by atoms with Gasteiger partial charge >= 0.3 is 0 Å². The summed E-state index contributed by atoms with van der Waals surface area (Å²) < 4.78 is 4.98. The van der Waals surface area contributed by atoms with Crippen LogP contribution in [-0.2, 0) is 0 Å². The Bertz CT molecular complexity index is 314. The van der Waals surface area contributed by atoms with Gasteiger partial charge in [-0.2, -0.15) is 9.64 Å². The van der Waals surface area contributed by atoms with Crippen molar-refractivity contribution in [2.45, 2.75) is 37.4 Å². The standard InChI is InChI=1S/C10H15N3S2/c1-10(2,7-11)5-3-4-6-14-9-12-8-13-15-9/h8H,3-6H2,1-2H3. The van der Waals surface area contributed by atoms with E-state index in [0.717, 1.165) is 29.4 Å². The van der Waals surface area contributed by atoms with Gasteiger partial charge in [-0.3, -0.25) is 0 Å². The molecule has 15 heavy (non-hydrogen) atoms. The van der Waals surface area contributed by atoms with Gasteiger partial charge in [0.1, 0.15) is 6.33 Å². The van der Waals surface area contributed by atoms with E-state index in [4.69, 9.17) is 5.26 Å². The fourth-order valence-electron chi connectivity index (χ4n) is 1.11. The van der Waals surface area contributed by atoms with E-state index in [1.54, 1.807) is 18.1 Å². The van der Waals surface area contributed by atoms with Crippen LogP contribution in [0.15, 0.2) is 10.7 Å². The van der Waals surface area contributed by atoms with Crippen LogP contribution in [0.25, 0.3) is 0 Å². The molecule has 0 aromatic carbocycles. The second-order valence-corrected chi connectivity index (χ2v) is 6.13. The number of nitriles is 1. The van der Waals surface area contributed by atoms with Crippen LogP contribution < -0.4 is 0 Å². The number of aromatic nitrogens is 2. The highest BCUT2D eigenvalue weighted by Crippen LogP contribution is 2.24. The second-order valence-electron chi connectivity index (χ2n) is 4.01. The molecule has 1 rings (SSSR count). The van der Waals surface area contributed by atoms with Crippen LogP contribution >= 0.6 is 23.3 Å². The maximum atomic E-state index is 8.83. The Morgan fingerprint density at radius 1 is 1.53 bits per heavy atom. The highest BCUT2D eigenvalue weighted by molar-refractivity contribution is 8.00. The highest BCUT2D eigenvalue weighted by atomic mass is 32.2. The molecule has 0 aliphatic heterocycles. The van der Waals surface area contributed by atoms with Crippen LogP contribution in [-0.4, -0.2) is 15.1 Å². The van der Waals surface area contributed by atoms with Gasteiger partial charge < -0.3 is 0 Å². The summed E-state index contributed by atoms with van der Waals surface area (Å²) in [6.07, 6.45) is 4.80. The third-order valence-electron chi connectivity index (χ3n) is 2.07. The lowest BCUT2D eigenvalue weighted by Gasteiger charge is -2.13. The normalized spacial score (nSPS) is 11.3. The van der Waals surface area contributed by atoms with Crippen molar-refractivity contribution < 1.29 is 0 Å². The average molecular weight is 241 g/mol. The summed E-state index contributed by atoms with van der Waals surface area (Å²) in [5.74, 6) is 1.07. The third-order valence-corrected chi connectivity index (χ3v) is 3.95. The van der Waals surface area contributed by atoms with E-state index in [2.05, 4.69) is 15.4 Å². The van der Waals surface area contributed by atoms with Gasteiger partial charge in [-0.25, -0.2) is 4.98 Å². The maximum absolute atomic E-state index is 8.83. The first-order valence-corrected chi connectivity index (χ1v) is 6.71. The van der Waals surface area contributed by atoms with Crippen molar-refractivity contribution in [2.24, 2.45) is 5.41 Å². The molecule has 3 nitrogen and oxygen atoms in total. The van der Waals surface area contributed by atoms with Crippen molar-refractivity contribution >= 4 is 23.3 Å². The quantitative estimate of drug-likeness (QED) is 0.566. The Morgan fingerprint density at radius 3 is 2.93 bits per heavy atom. The molecule has 1 heterocycles. The third kappa shape index (κ3) is 5.14. The molecule has 0 unspecified atom stereocenters. The molecule has 0 aliphatic carbocycles. The van der Waals surface area contributed by atoms with E-state index in [-0.39, 0.29) is 5.41 Å². The maximum Gasteiger partial charge on any atom is 0.169 e. The Morgan fingerprint density at radius 2 is 2.33 bits per heavy atom. The predicted octanol–water partition coefficient (Wildman–Crippen LogP) is 3.35. The van der Waals surface area contributed by atoms with Crippen LogP contribution in [0.3, 0.4) is 0 Å². The molecule has 0 spiro atoms. The molecular weight excluding hydrogens is 226 g/mol. The zero-order chi connectivity index (χ0) is 11.1. The Hall–Kier alpha value is -0.600. The van der Waals surface area contributed by atoms with Crippen molar-refractivity contribution in [3.63, 3.8) is 0 Å². The zero-order valence-electron chi connectivity index (χ0n) is 9.06. The molecule has 0 bridgehead atoms. The SMILES string of the molecule is CC(C)(C#N)CCCCSc1ncns1. The molecular formula is C10H15N3S2. The van der Waals surface area contributed by atoms with Crippen LogP contribution in [0.4, 0.5) is 0 Å². The van der Waals surface area contributed by atoms with Gasteiger partial charge in [0.15, 0.2) is 4.34 Å². The minimum atomic E-state index is -0.173. The van der Waals surface area contributed by atoms with E-state index < -0.39 is 0 Å². The van der Waals surface area contributed by atoms with E-state index in [1.165, 1.54) is 11.5 Å². The summed E-state index contributed by atoms with van der Waals surface area (Å²) in [6.45, 7) is 3.98. The van der Waals surface area contributed by atoms with Gasteiger partial charge in [-0.1, -0.05) is 18.2 Å². The second kappa shape index (κ2) is 6.09. The van der Waals surface area contributed by atoms with Gasteiger partial charge in [0, 0.05) is 5.75 Å². The van der Waals surface area contributed by atoms with Crippen LogP contribution in [0, 0.1) is 16.7 Å². The summed E-state index contributed by atoms with van der Waals surface area (Å²) in [6, 6.07) is 2.32. The van der Waals surface area contributed by atoms with Crippen molar-refractivity contribution in [1.82, 2.24) is 9.36 Å². The molecule has 5 heteroatoms. The van der Waals surface area contributed by atoms with E-state index >= 15 is 0 Å². The molecule has 0 aliphatic rings. The van der Waals surface area contributed by atoms with Gasteiger partial charge in [0.25, 0.3) is 0 Å². The van der Waals surface area contributed by atoms with Crippen molar-refractivity contribution in [1.29, 1.82) is 5.26 Å². The van der Waals surface area contributed by atoms with Crippen LogP contribution in [0.1, 0.15) is 33.1 Å². The van der Waals surface area contributed by atoms with Gasteiger partial charge in [0.2, 0.25) is 0 Å². The first-order valence-electron chi connectivity index (χ1n) is 4.95. The molecule has 0 saturated heterocycles. The number of hydrogen-bond donors (Lipinski definition) is 0. The Kier molecular flexibility index (Phi) is 5.06. The summed E-state index contributed by atoms with van der Waals surface area (Å²) in [7, 11) is 0. The first-order chi connectivity index (χ1) is 7.14. The number of rotatable bonds is 6. The topological polar surface area (TPSA) is 49.6 Å². The number of unbranched alkanes of at least 4 members (excludes halogenated alkanes) is 1. The summed E-state index contributed by atoms with van der Waals surface area (Å²) in [5.41, 5.74) is -0.173. The first kappa shape index (κ1) is 12.5. The van der Waals surface area contributed by atoms with Gasteiger partial charge in [-0.05, 0) is 38.2 Å². The highest BCUT2D eigenvalue weighted by Gasteiger charge is 2.15. The molecule has 1 aromatic heterocycles. The van der Waals surface area contributed by atoms with Gasteiger partial charge in [-0.15, -0.1) is 0 Å². The Balaban J connectivity index is 2.06. The van der Waals surface area contributed by atoms with Crippen molar-refractivity contribution in [3.8, 4) is 6.07 Å². The molecule has 0 atom stereocenters. The van der Waals surface area contributed by atoms with Crippen LogP contribution in [0.5, 0.6) is 0 Å². The lowest BCUT2D eigenvalue weighted by Crippen LogP contribution is -2.07. The average Bonchev–Trinajstić information content (AvgIpc) is 2.70. The molecule has 0 fully saturated rings. The molecule has 0 N–H and O–H groups in total. The lowest BCUT2D eigenvalue weighted by molar-refractivity contribution is 0.433. The van der Waals surface area contributed by atoms with Crippen molar-refractivity contribution in [3.05, 3.63) is 6.33 Å². The van der Waals surface area contributed by atoms with E-state index in [1.807, 2.05) is 13.8 Å². The monoisotopic (exact) mass is 241 g/mol. The van der Waals surface area contributed by atoms with Crippen molar-refractivity contribution in [2.75, 3.05) is 5.75 Å². The Labute approximate surface area is 99.1 Å². The molecule has 1 aromatic rings. The fourth-order valence-corrected chi connectivity index (χ4v) is 2.62. The van der Waals surface area contributed by atoms with Gasteiger partial charge in [0.05, 0.1) is 11.5 Å². The minimum Gasteiger partial charge on any atom is -0.216 e. The minimum absolute atomic E-state index is 0.173. The molecule has 0 radical (unpaired) electrons. The smallest absolute Gasteiger partial charge is 0.169 e. The summed E-state index contributed by atoms with van der Waals surface area (Å²) in [5, 5.41) is 8.83. The largest absolute Gasteiger partial charge is 0.216 e.